The largest absolute Gasteiger partial charge is 0.317 e. The van der Waals surface area contributed by atoms with E-state index in [2.05, 4.69) is 101 Å². The Balaban J connectivity index is 1.58. The normalized spacial score (nSPS) is 11.5. The Morgan fingerprint density at radius 3 is 1.43 bits per heavy atom. The molecule has 6 heteroatoms. The monoisotopic (exact) mass is 609 g/mol. The van der Waals surface area contributed by atoms with E-state index in [0.717, 1.165) is 90.8 Å². The molecule has 0 heterocycles. The summed E-state index contributed by atoms with van der Waals surface area (Å²) in [6.45, 7) is 19.5. The van der Waals surface area contributed by atoms with Crippen molar-refractivity contribution in [2.75, 3.05) is 65.4 Å². The SMILES string of the molecule is CCCCCCCCNCCCNCCCNCc1cc(CNCCCNCCCNCC(C)C)cc(-c2ccccc2)c1. The summed E-state index contributed by atoms with van der Waals surface area (Å²) in [7, 11) is 0. The van der Waals surface area contributed by atoms with Crippen LogP contribution < -0.4 is 31.9 Å². The first-order valence-corrected chi connectivity index (χ1v) is 18.1. The lowest BCUT2D eigenvalue weighted by Gasteiger charge is -2.13. The van der Waals surface area contributed by atoms with Crippen LogP contribution in [0.5, 0.6) is 0 Å². The number of nitrogens with one attached hydrogen (secondary N) is 6. The zero-order valence-corrected chi connectivity index (χ0v) is 28.8. The number of hydrogen-bond donors (Lipinski definition) is 6. The van der Waals surface area contributed by atoms with E-state index in [1.165, 1.54) is 80.2 Å². The van der Waals surface area contributed by atoms with Crippen molar-refractivity contribution in [2.45, 2.75) is 98.1 Å². The van der Waals surface area contributed by atoms with Gasteiger partial charge in [0.1, 0.15) is 0 Å². The van der Waals surface area contributed by atoms with Gasteiger partial charge in [0.2, 0.25) is 0 Å². The average Bonchev–Trinajstić information content (AvgIpc) is 3.03. The van der Waals surface area contributed by atoms with Gasteiger partial charge in [-0.2, -0.15) is 0 Å². The molecule has 44 heavy (non-hydrogen) atoms. The lowest BCUT2D eigenvalue weighted by atomic mass is 9.99. The van der Waals surface area contributed by atoms with Crippen molar-refractivity contribution in [1.82, 2.24) is 31.9 Å². The minimum absolute atomic E-state index is 0.726. The molecule has 0 aliphatic heterocycles. The van der Waals surface area contributed by atoms with Gasteiger partial charge in [-0.3, -0.25) is 0 Å². The number of unbranched alkanes of at least 4 members (excludes halogenated alkanes) is 5. The highest BCUT2D eigenvalue weighted by Gasteiger charge is 2.04. The maximum atomic E-state index is 3.68. The van der Waals surface area contributed by atoms with Crippen LogP contribution in [0.4, 0.5) is 0 Å². The van der Waals surface area contributed by atoms with Gasteiger partial charge in [-0.05, 0) is 138 Å². The second-order valence-electron chi connectivity index (χ2n) is 12.8. The Morgan fingerprint density at radius 1 is 0.455 bits per heavy atom. The summed E-state index contributed by atoms with van der Waals surface area (Å²) < 4.78 is 0. The van der Waals surface area contributed by atoms with Crippen LogP contribution in [0.25, 0.3) is 11.1 Å². The van der Waals surface area contributed by atoms with Crippen molar-refractivity contribution in [3.05, 3.63) is 59.7 Å². The van der Waals surface area contributed by atoms with Crippen molar-refractivity contribution in [1.29, 1.82) is 0 Å². The highest BCUT2D eigenvalue weighted by atomic mass is 14.9. The molecule has 0 atom stereocenters. The Labute approximate surface area is 271 Å². The van der Waals surface area contributed by atoms with Crippen LogP contribution in [0.1, 0.15) is 96.1 Å². The molecular formula is C38H68N6. The summed E-state index contributed by atoms with van der Waals surface area (Å²) in [6.07, 6.45) is 12.9. The zero-order chi connectivity index (χ0) is 31.3. The summed E-state index contributed by atoms with van der Waals surface area (Å²) in [6, 6.07) is 17.8. The molecule has 2 aromatic carbocycles. The van der Waals surface area contributed by atoms with Gasteiger partial charge < -0.3 is 31.9 Å². The van der Waals surface area contributed by atoms with E-state index in [-0.39, 0.29) is 0 Å². The van der Waals surface area contributed by atoms with Crippen LogP contribution in [0.15, 0.2) is 48.5 Å². The number of hydrogen-bond acceptors (Lipinski definition) is 6. The Bertz CT molecular complexity index is 903. The van der Waals surface area contributed by atoms with Gasteiger partial charge in [0.25, 0.3) is 0 Å². The van der Waals surface area contributed by atoms with Gasteiger partial charge in [-0.15, -0.1) is 0 Å². The Morgan fingerprint density at radius 2 is 0.909 bits per heavy atom. The lowest BCUT2D eigenvalue weighted by molar-refractivity contribution is 0.524. The molecule has 0 aliphatic rings. The van der Waals surface area contributed by atoms with Crippen molar-refractivity contribution in [3.8, 4) is 11.1 Å². The first-order chi connectivity index (χ1) is 21.7. The van der Waals surface area contributed by atoms with Gasteiger partial charge in [0, 0.05) is 13.1 Å². The van der Waals surface area contributed by atoms with Gasteiger partial charge in [0.15, 0.2) is 0 Å². The van der Waals surface area contributed by atoms with E-state index in [4.69, 9.17) is 0 Å². The van der Waals surface area contributed by atoms with E-state index in [9.17, 15) is 0 Å². The first kappa shape index (κ1) is 38.4. The number of rotatable bonds is 30. The summed E-state index contributed by atoms with van der Waals surface area (Å²) in [5.41, 5.74) is 5.31. The van der Waals surface area contributed by atoms with Crippen molar-refractivity contribution >= 4 is 0 Å². The van der Waals surface area contributed by atoms with Crippen molar-refractivity contribution in [3.63, 3.8) is 0 Å². The Hall–Kier alpha value is -1.80. The summed E-state index contributed by atoms with van der Waals surface area (Å²) in [5.74, 6) is 0.726. The Kier molecular flexibility index (Phi) is 24.0. The van der Waals surface area contributed by atoms with E-state index in [0.29, 0.717) is 0 Å². The van der Waals surface area contributed by atoms with Crippen LogP contribution in [0, 0.1) is 5.92 Å². The predicted octanol–water partition coefficient (Wildman–Crippen LogP) is 6.47. The fourth-order valence-corrected chi connectivity index (χ4v) is 5.38. The third kappa shape index (κ3) is 21.0. The smallest absolute Gasteiger partial charge is 0.0205 e. The van der Waals surface area contributed by atoms with Crippen molar-refractivity contribution < 1.29 is 0 Å². The molecule has 0 radical (unpaired) electrons. The fraction of sp³-hybridized carbons (Fsp3) is 0.684. The standard InChI is InChI=1S/C38H68N6/c1-4-5-6-7-8-12-19-39-20-13-21-40-23-15-26-43-32-35-28-36(30-38(29-35)37-17-10-9-11-18-37)33-44-27-16-24-41-22-14-25-42-31-34(2)3/h9-11,17-18,28-30,34,39-44H,4-8,12-16,19-27,31-33H2,1-3H3. The molecule has 2 rings (SSSR count). The van der Waals surface area contributed by atoms with Crippen LogP contribution in [0.3, 0.4) is 0 Å². The minimum Gasteiger partial charge on any atom is -0.317 e. The molecule has 0 bridgehead atoms. The molecule has 6 N–H and O–H groups in total. The second-order valence-corrected chi connectivity index (χ2v) is 12.8. The second kappa shape index (κ2) is 27.5. The molecule has 0 unspecified atom stereocenters. The van der Waals surface area contributed by atoms with Gasteiger partial charge in [-0.25, -0.2) is 0 Å². The molecule has 250 valence electrons. The number of benzene rings is 2. The minimum atomic E-state index is 0.726. The van der Waals surface area contributed by atoms with E-state index in [1.54, 1.807) is 0 Å². The van der Waals surface area contributed by atoms with Crippen LogP contribution in [-0.2, 0) is 13.1 Å². The topological polar surface area (TPSA) is 72.2 Å². The third-order valence-corrected chi connectivity index (χ3v) is 7.91. The molecule has 0 spiro atoms. The van der Waals surface area contributed by atoms with Crippen LogP contribution in [0.2, 0.25) is 0 Å². The van der Waals surface area contributed by atoms with Gasteiger partial charge in [0.05, 0.1) is 0 Å². The molecule has 0 aliphatic carbocycles. The molecule has 0 saturated heterocycles. The van der Waals surface area contributed by atoms with Gasteiger partial charge >= 0.3 is 0 Å². The maximum Gasteiger partial charge on any atom is 0.0205 e. The van der Waals surface area contributed by atoms with Gasteiger partial charge in [-0.1, -0.05) is 89.3 Å². The molecule has 2 aromatic rings. The van der Waals surface area contributed by atoms with Crippen LogP contribution in [-0.4, -0.2) is 65.4 Å². The molecular weight excluding hydrogens is 540 g/mol. The first-order valence-electron chi connectivity index (χ1n) is 18.1. The summed E-state index contributed by atoms with van der Waals surface area (Å²) >= 11 is 0. The molecule has 0 fully saturated rings. The lowest BCUT2D eigenvalue weighted by Crippen LogP contribution is -2.26. The van der Waals surface area contributed by atoms with Crippen LogP contribution >= 0.6 is 0 Å². The van der Waals surface area contributed by atoms with E-state index in [1.807, 2.05) is 0 Å². The summed E-state index contributed by atoms with van der Waals surface area (Å²) in [5, 5.41) is 21.7. The highest BCUT2D eigenvalue weighted by molar-refractivity contribution is 5.65. The molecule has 0 saturated carbocycles. The van der Waals surface area contributed by atoms with Crippen molar-refractivity contribution in [2.24, 2.45) is 5.92 Å². The fourth-order valence-electron chi connectivity index (χ4n) is 5.38. The molecule has 0 aromatic heterocycles. The maximum absolute atomic E-state index is 3.68. The molecule has 0 amide bonds. The third-order valence-electron chi connectivity index (χ3n) is 7.91. The quantitative estimate of drug-likeness (QED) is 0.0572. The van der Waals surface area contributed by atoms with E-state index >= 15 is 0 Å². The van der Waals surface area contributed by atoms with E-state index < -0.39 is 0 Å². The highest BCUT2D eigenvalue weighted by Crippen LogP contribution is 2.22. The zero-order valence-electron chi connectivity index (χ0n) is 28.8. The predicted molar refractivity (Wildman–Crippen MR) is 193 cm³/mol. The molecule has 6 nitrogen and oxygen atoms in total. The average molecular weight is 609 g/mol. The summed E-state index contributed by atoms with van der Waals surface area (Å²) in [4.78, 5) is 0.